The van der Waals surface area contributed by atoms with Crippen LogP contribution in [0.3, 0.4) is 0 Å². The summed E-state index contributed by atoms with van der Waals surface area (Å²) >= 11 is 3.85. The van der Waals surface area contributed by atoms with Gasteiger partial charge in [0.1, 0.15) is 0 Å². The highest BCUT2D eigenvalue weighted by molar-refractivity contribution is 14.1. The zero-order valence-electron chi connectivity index (χ0n) is 14.0. The van der Waals surface area contributed by atoms with Gasteiger partial charge in [-0.1, -0.05) is 54.2 Å². The molecule has 128 valence electrons. The molecule has 3 rings (SSSR count). The van der Waals surface area contributed by atoms with E-state index < -0.39 is 0 Å². The fourth-order valence-electron chi connectivity index (χ4n) is 2.60. The number of thioether (sulfide) groups is 1. The molecular formula is C20H19IN2OS. The molecule has 0 radical (unpaired) electrons. The van der Waals surface area contributed by atoms with Crippen LogP contribution in [0.25, 0.3) is 10.9 Å². The standard InChI is InChI=1S/C20H19IN2OS/c1-14(2)13-23-19(24)17-12-16(21)8-9-18(17)22-20(23)25-11-10-15-6-4-3-5-7-15/h3-9,12H,1,10-11,13H2,2H3. The number of aryl methyl sites for hydroxylation is 1. The van der Waals surface area contributed by atoms with E-state index in [9.17, 15) is 4.79 Å². The van der Waals surface area contributed by atoms with Crippen molar-refractivity contribution >= 4 is 45.3 Å². The minimum absolute atomic E-state index is 0.00808. The molecule has 3 aromatic rings. The van der Waals surface area contributed by atoms with E-state index >= 15 is 0 Å². The largest absolute Gasteiger partial charge is 0.283 e. The molecule has 25 heavy (non-hydrogen) atoms. The van der Waals surface area contributed by atoms with Gasteiger partial charge in [-0.25, -0.2) is 4.98 Å². The maximum atomic E-state index is 12.9. The first kappa shape index (κ1) is 18.2. The van der Waals surface area contributed by atoms with Gasteiger partial charge in [0.15, 0.2) is 5.16 Å². The van der Waals surface area contributed by atoms with Crippen LogP contribution < -0.4 is 5.56 Å². The summed E-state index contributed by atoms with van der Waals surface area (Å²) in [5.74, 6) is 0.877. The second-order valence-electron chi connectivity index (χ2n) is 5.99. The lowest BCUT2D eigenvalue weighted by Gasteiger charge is -2.13. The monoisotopic (exact) mass is 462 g/mol. The summed E-state index contributed by atoms with van der Waals surface area (Å²) in [5, 5.41) is 1.43. The highest BCUT2D eigenvalue weighted by Gasteiger charge is 2.12. The van der Waals surface area contributed by atoms with Crippen LogP contribution in [-0.4, -0.2) is 15.3 Å². The van der Waals surface area contributed by atoms with Gasteiger partial charge in [0.05, 0.1) is 10.9 Å². The number of fused-ring (bicyclic) bond motifs is 1. The molecule has 0 saturated heterocycles. The predicted octanol–water partition coefficient (Wildman–Crippen LogP) is 4.91. The van der Waals surface area contributed by atoms with E-state index in [1.165, 1.54) is 5.56 Å². The van der Waals surface area contributed by atoms with Crippen LogP contribution in [-0.2, 0) is 13.0 Å². The third-order valence-electron chi connectivity index (χ3n) is 3.77. The van der Waals surface area contributed by atoms with Gasteiger partial charge in [0.2, 0.25) is 0 Å². The van der Waals surface area contributed by atoms with Gasteiger partial charge in [-0.2, -0.15) is 0 Å². The zero-order valence-corrected chi connectivity index (χ0v) is 17.0. The molecule has 1 heterocycles. The maximum absolute atomic E-state index is 12.9. The van der Waals surface area contributed by atoms with E-state index in [0.29, 0.717) is 11.9 Å². The van der Waals surface area contributed by atoms with E-state index in [1.54, 1.807) is 16.3 Å². The molecule has 0 N–H and O–H groups in total. The number of rotatable bonds is 6. The van der Waals surface area contributed by atoms with Crippen molar-refractivity contribution in [2.45, 2.75) is 25.0 Å². The minimum Gasteiger partial charge on any atom is -0.283 e. The quantitative estimate of drug-likeness (QED) is 0.226. The van der Waals surface area contributed by atoms with Gasteiger partial charge < -0.3 is 0 Å². The van der Waals surface area contributed by atoms with Crippen LogP contribution in [0.1, 0.15) is 12.5 Å². The summed E-state index contributed by atoms with van der Waals surface area (Å²) in [6.45, 7) is 6.40. The molecule has 0 bridgehead atoms. The molecule has 0 aliphatic rings. The molecule has 0 aliphatic heterocycles. The molecule has 0 spiro atoms. The molecule has 3 nitrogen and oxygen atoms in total. The van der Waals surface area contributed by atoms with Crippen molar-refractivity contribution in [3.05, 3.63) is 80.2 Å². The molecule has 0 aliphatic carbocycles. The molecule has 0 atom stereocenters. The number of nitrogens with zero attached hydrogens (tertiary/aromatic N) is 2. The van der Waals surface area contributed by atoms with Crippen molar-refractivity contribution in [3.8, 4) is 0 Å². The minimum atomic E-state index is 0.00808. The fourth-order valence-corrected chi connectivity index (χ4v) is 4.07. The lowest BCUT2D eigenvalue weighted by molar-refractivity contribution is 0.651. The van der Waals surface area contributed by atoms with Crippen LogP contribution in [0, 0.1) is 3.57 Å². The molecule has 5 heteroatoms. The summed E-state index contributed by atoms with van der Waals surface area (Å²) in [4.78, 5) is 17.7. The molecule has 0 amide bonds. The number of hydrogen-bond acceptors (Lipinski definition) is 3. The van der Waals surface area contributed by atoms with Crippen molar-refractivity contribution < 1.29 is 0 Å². The Kier molecular flexibility index (Phi) is 5.96. The number of halogens is 1. The smallest absolute Gasteiger partial charge is 0.262 e. The van der Waals surface area contributed by atoms with Crippen molar-refractivity contribution in [3.63, 3.8) is 0 Å². The summed E-state index contributed by atoms with van der Waals surface area (Å²) in [5.41, 5.74) is 3.00. The third kappa shape index (κ3) is 4.52. The highest BCUT2D eigenvalue weighted by atomic mass is 127. The lowest BCUT2D eigenvalue weighted by Crippen LogP contribution is -2.24. The third-order valence-corrected chi connectivity index (χ3v) is 5.42. The van der Waals surface area contributed by atoms with Crippen molar-refractivity contribution in [1.29, 1.82) is 0 Å². The average molecular weight is 462 g/mol. The van der Waals surface area contributed by atoms with Crippen LogP contribution in [0.2, 0.25) is 0 Å². The first-order chi connectivity index (χ1) is 12.0. The Morgan fingerprint density at radius 3 is 2.72 bits per heavy atom. The van der Waals surface area contributed by atoms with Gasteiger partial charge in [0.25, 0.3) is 5.56 Å². The second-order valence-corrected chi connectivity index (χ2v) is 8.30. The van der Waals surface area contributed by atoms with E-state index in [1.807, 2.05) is 43.3 Å². The summed E-state index contributed by atoms with van der Waals surface area (Å²) in [6, 6.07) is 16.2. The number of benzene rings is 2. The Hall–Kier alpha value is -1.60. The van der Waals surface area contributed by atoms with Gasteiger partial charge in [-0.15, -0.1) is 0 Å². The Balaban J connectivity index is 1.93. The van der Waals surface area contributed by atoms with Crippen molar-refractivity contribution in [2.24, 2.45) is 0 Å². The molecule has 0 unspecified atom stereocenters. The Morgan fingerprint density at radius 1 is 1.24 bits per heavy atom. The predicted molar refractivity (Wildman–Crippen MR) is 114 cm³/mol. The van der Waals surface area contributed by atoms with Crippen LogP contribution in [0.4, 0.5) is 0 Å². The van der Waals surface area contributed by atoms with E-state index in [0.717, 1.165) is 32.0 Å². The topological polar surface area (TPSA) is 34.9 Å². The SMILES string of the molecule is C=C(C)Cn1c(SCCc2ccccc2)nc2ccc(I)cc2c1=O. The van der Waals surface area contributed by atoms with Crippen LogP contribution in [0.15, 0.2) is 70.6 Å². The summed E-state index contributed by atoms with van der Waals surface area (Å²) in [7, 11) is 0. The van der Waals surface area contributed by atoms with E-state index in [2.05, 4.69) is 41.3 Å². The average Bonchev–Trinajstić information content (AvgIpc) is 2.59. The first-order valence-electron chi connectivity index (χ1n) is 8.06. The van der Waals surface area contributed by atoms with Crippen LogP contribution >= 0.6 is 34.4 Å². The number of aromatic nitrogens is 2. The maximum Gasteiger partial charge on any atom is 0.262 e. The van der Waals surface area contributed by atoms with E-state index in [-0.39, 0.29) is 5.56 Å². The summed E-state index contributed by atoms with van der Waals surface area (Å²) < 4.78 is 2.78. The molecule has 0 saturated carbocycles. The first-order valence-corrected chi connectivity index (χ1v) is 10.1. The Bertz CT molecular complexity index is 967. The van der Waals surface area contributed by atoms with Gasteiger partial charge >= 0.3 is 0 Å². The van der Waals surface area contributed by atoms with Crippen molar-refractivity contribution in [2.75, 3.05) is 5.75 Å². The normalized spacial score (nSPS) is 11.0. The molecule has 0 fully saturated rings. The Labute approximate surface area is 165 Å². The number of allylic oxidation sites excluding steroid dienone is 1. The molecular weight excluding hydrogens is 443 g/mol. The van der Waals surface area contributed by atoms with Gasteiger partial charge in [-0.05, 0) is 59.7 Å². The second kappa shape index (κ2) is 8.19. The fraction of sp³-hybridized carbons (Fsp3) is 0.200. The molecule has 2 aromatic carbocycles. The van der Waals surface area contributed by atoms with Gasteiger partial charge in [0, 0.05) is 15.9 Å². The zero-order chi connectivity index (χ0) is 17.8. The van der Waals surface area contributed by atoms with E-state index in [4.69, 9.17) is 4.98 Å². The van der Waals surface area contributed by atoms with Crippen molar-refractivity contribution in [1.82, 2.24) is 9.55 Å². The van der Waals surface area contributed by atoms with Gasteiger partial charge in [-0.3, -0.25) is 9.36 Å². The summed E-state index contributed by atoms with van der Waals surface area (Å²) in [6.07, 6.45) is 0.944. The highest BCUT2D eigenvalue weighted by Crippen LogP contribution is 2.21. The lowest BCUT2D eigenvalue weighted by atomic mass is 10.2. The molecule has 1 aromatic heterocycles. The van der Waals surface area contributed by atoms with Crippen LogP contribution in [0.5, 0.6) is 0 Å². The Morgan fingerprint density at radius 2 is 2.00 bits per heavy atom. The number of hydrogen-bond donors (Lipinski definition) is 0.